The lowest BCUT2D eigenvalue weighted by atomic mass is 10.0. The summed E-state index contributed by atoms with van der Waals surface area (Å²) >= 11 is 0. The molecule has 1 aliphatic heterocycles. The third-order valence-electron chi connectivity index (χ3n) is 2.97. The number of carbonyl (C=O) groups excluding carboxylic acids is 1. The summed E-state index contributed by atoms with van der Waals surface area (Å²) in [7, 11) is 1.79. The third-order valence-corrected chi connectivity index (χ3v) is 2.97. The normalized spacial score (nSPS) is 27.4. The molecule has 1 aromatic heterocycles. The van der Waals surface area contributed by atoms with Gasteiger partial charge in [-0.3, -0.25) is 19.9 Å². The molecule has 1 atom stereocenters. The summed E-state index contributed by atoms with van der Waals surface area (Å²) in [6.07, 6.45) is 3.31. The number of nitrogens with zero attached hydrogens (tertiary/aromatic N) is 3. The maximum atomic E-state index is 11.4. The number of pyridine rings is 1. The van der Waals surface area contributed by atoms with Crippen molar-refractivity contribution in [2.24, 2.45) is 0 Å². The van der Waals surface area contributed by atoms with Crippen LogP contribution in [0, 0.1) is 0 Å². The highest BCUT2D eigenvalue weighted by atomic mass is 16.5. The molecule has 0 bridgehead atoms. The Hall–Kier alpha value is -1.46. The van der Waals surface area contributed by atoms with Crippen LogP contribution in [0.3, 0.4) is 0 Å². The summed E-state index contributed by atoms with van der Waals surface area (Å²) in [5.41, 5.74) is -0.0217. The van der Waals surface area contributed by atoms with Gasteiger partial charge in [0.1, 0.15) is 5.66 Å². The summed E-state index contributed by atoms with van der Waals surface area (Å²) in [6.45, 7) is 2.00. The largest absolute Gasteiger partial charge is 0.284 e. The Kier molecular flexibility index (Phi) is 2.21. The van der Waals surface area contributed by atoms with Gasteiger partial charge >= 0.3 is 0 Å². The maximum absolute atomic E-state index is 11.4. The fourth-order valence-corrected chi connectivity index (χ4v) is 1.81. The van der Waals surface area contributed by atoms with Gasteiger partial charge in [-0.1, -0.05) is 6.07 Å². The fourth-order valence-electron chi connectivity index (χ4n) is 1.81. The van der Waals surface area contributed by atoms with E-state index in [-0.39, 0.29) is 12.5 Å². The van der Waals surface area contributed by atoms with Gasteiger partial charge in [-0.2, -0.15) is 5.06 Å². The van der Waals surface area contributed by atoms with Crippen molar-refractivity contribution in [3.05, 3.63) is 30.1 Å². The van der Waals surface area contributed by atoms with Crippen LogP contribution in [0.5, 0.6) is 0 Å². The SMILES string of the molecule is CN1CC(=O)N(O)[C@@]1(C)c1cccnc1. The van der Waals surface area contributed by atoms with Crippen molar-refractivity contribution in [1.29, 1.82) is 0 Å². The van der Waals surface area contributed by atoms with E-state index < -0.39 is 5.66 Å². The second kappa shape index (κ2) is 3.29. The van der Waals surface area contributed by atoms with Crippen LogP contribution in [0.2, 0.25) is 0 Å². The van der Waals surface area contributed by atoms with Crippen molar-refractivity contribution in [1.82, 2.24) is 14.9 Å². The van der Waals surface area contributed by atoms with Crippen molar-refractivity contribution in [2.45, 2.75) is 12.6 Å². The van der Waals surface area contributed by atoms with Gasteiger partial charge in [-0.25, -0.2) is 0 Å². The Balaban J connectivity index is 2.46. The van der Waals surface area contributed by atoms with Gasteiger partial charge < -0.3 is 0 Å². The lowest BCUT2D eigenvalue weighted by molar-refractivity contribution is -0.192. The predicted molar refractivity (Wildman–Crippen MR) is 52.9 cm³/mol. The molecule has 1 N–H and O–H groups in total. The van der Waals surface area contributed by atoms with Crippen LogP contribution in [0.15, 0.2) is 24.5 Å². The number of carbonyl (C=O) groups is 1. The third kappa shape index (κ3) is 1.32. The number of hydrogen-bond donors (Lipinski definition) is 1. The minimum Gasteiger partial charge on any atom is -0.284 e. The highest BCUT2D eigenvalue weighted by Crippen LogP contribution is 2.33. The molecule has 2 heterocycles. The summed E-state index contributed by atoms with van der Waals surface area (Å²) in [4.78, 5) is 17.2. The zero-order valence-electron chi connectivity index (χ0n) is 8.71. The van der Waals surface area contributed by atoms with E-state index in [0.717, 1.165) is 10.6 Å². The Morgan fingerprint density at radius 3 is 2.80 bits per heavy atom. The second-order valence-corrected chi connectivity index (χ2v) is 3.82. The van der Waals surface area contributed by atoms with E-state index in [9.17, 15) is 10.0 Å². The number of amides is 1. The Labute approximate surface area is 87.9 Å². The van der Waals surface area contributed by atoms with Gasteiger partial charge in [0.05, 0.1) is 6.54 Å². The molecule has 2 rings (SSSR count). The highest BCUT2D eigenvalue weighted by molar-refractivity contribution is 5.80. The standard InChI is InChI=1S/C10H13N3O2/c1-10(8-4-3-5-11-6-8)12(2)7-9(14)13(10)15/h3-6,15H,7H2,1-2H3/t10-/m0/s1. The zero-order chi connectivity index (χ0) is 11.1. The summed E-state index contributed by atoms with van der Waals surface area (Å²) in [5, 5.41) is 10.5. The average molecular weight is 207 g/mol. The first-order valence-corrected chi connectivity index (χ1v) is 4.70. The van der Waals surface area contributed by atoms with Gasteiger partial charge in [0.15, 0.2) is 0 Å². The lowest BCUT2D eigenvalue weighted by Crippen LogP contribution is -2.45. The quantitative estimate of drug-likeness (QED) is 0.678. The van der Waals surface area contributed by atoms with E-state index in [1.54, 1.807) is 37.3 Å². The van der Waals surface area contributed by atoms with E-state index in [2.05, 4.69) is 4.98 Å². The van der Waals surface area contributed by atoms with E-state index >= 15 is 0 Å². The maximum Gasteiger partial charge on any atom is 0.262 e. The zero-order valence-corrected chi connectivity index (χ0v) is 8.71. The Morgan fingerprint density at radius 2 is 2.33 bits per heavy atom. The van der Waals surface area contributed by atoms with Crippen LogP contribution in [-0.2, 0) is 10.5 Å². The summed E-state index contributed by atoms with van der Waals surface area (Å²) in [6, 6.07) is 3.62. The molecule has 0 saturated carbocycles. The van der Waals surface area contributed by atoms with Crippen LogP contribution in [0.4, 0.5) is 0 Å². The molecule has 0 spiro atoms. The molecule has 1 aliphatic rings. The first-order valence-electron chi connectivity index (χ1n) is 4.70. The summed E-state index contributed by atoms with van der Waals surface area (Å²) in [5.74, 6) is -0.302. The number of aromatic nitrogens is 1. The number of hydrogen-bond acceptors (Lipinski definition) is 4. The molecule has 1 saturated heterocycles. The van der Waals surface area contributed by atoms with Crippen LogP contribution in [0.1, 0.15) is 12.5 Å². The molecule has 0 radical (unpaired) electrons. The van der Waals surface area contributed by atoms with Crippen LogP contribution < -0.4 is 0 Å². The van der Waals surface area contributed by atoms with Crippen molar-refractivity contribution < 1.29 is 10.0 Å². The highest BCUT2D eigenvalue weighted by Gasteiger charge is 2.47. The molecule has 15 heavy (non-hydrogen) atoms. The van der Waals surface area contributed by atoms with Gasteiger partial charge in [-0.05, 0) is 20.0 Å². The monoisotopic (exact) mass is 207 g/mol. The molecule has 80 valence electrons. The van der Waals surface area contributed by atoms with Gasteiger partial charge in [0.2, 0.25) is 0 Å². The molecule has 0 aliphatic carbocycles. The van der Waals surface area contributed by atoms with Crippen LogP contribution in [0.25, 0.3) is 0 Å². The first kappa shape index (κ1) is 10.1. The van der Waals surface area contributed by atoms with Crippen LogP contribution in [-0.4, -0.2) is 39.7 Å². The Bertz CT molecular complexity index is 382. The number of hydroxylamine groups is 2. The molecular weight excluding hydrogens is 194 g/mol. The van der Waals surface area contributed by atoms with E-state index in [4.69, 9.17) is 0 Å². The minimum atomic E-state index is -0.814. The second-order valence-electron chi connectivity index (χ2n) is 3.82. The molecule has 1 fully saturated rings. The smallest absolute Gasteiger partial charge is 0.262 e. The van der Waals surface area contributed by atoms with Gasteiger partial charge in [0.25, 0.3) is 5.91 Å². The molecule has 5 heteroatoms. The van der Waals surface area contributed by atoms with Crippen LogP contribution >= 0.6 is 0 Å². The van der Waals surface area contributed by atoms with Crippen molar-refractivity contribution >= 4 is 5.91 Å². The van der Waals surface area contributed by atoms with Gasteiger partial charge in [-0.15, -0.1) is 0 Å². The minimum absolute atomic E-state index is 0.210. The summed E-state index contributed by atoms with van der Waals surface area (Å²) < 4.78 is 0. The van der Waals surface area contributed by atoms with Gasteiger partial charge in [0, 0.05) is 18.0 Å². The molecule has 0 unspecified atom stereocenters. The molecule has 1 amide bonds. The molecule has 5 nitrogen and oxygen atoms in total. The number of likely N-dealkylation sites (N-methyl/N-ethyl adjacent to an activating group) is 1. The first-order chi connectivity index (χ1) is 7.06. The fraction of sp³-hybridized carbons (Fsp3) is 0.400. The lowest BCUT2D eigenvalue weighted by Gasteiger charge is -2.35. The van der Waals surface area contributed by atoms with Crippen molar-refractivity contribution in [3.8, 4) is 0 Å². The molecule has 1 aromatic rings. The average Bonchev–Trinajstić information content (AvgIpc) is 2.45. The number of rotatable bonds is 1. The molecule has 0 aromatic carbocycles. The van der Waals surface area contributed by atoms with E-state index in [1.165, 1.54) is 0 Å². The van der Waals surface area contributed by atoms with Crippen molar-refractivity contribution in [3.63, 3.8) is 0 Å². The predicted octanol–water partition coefficient (Wildman–Crippen LogP) is 0.417. The van der Waals surface area contributed by atoms with Crippen molar-refractivity contribution in [2.75, 3.05) is 13.6 Å². The Morgan fingerprint density at radius 1 is 1.60 bits per heavy atom. The van der Waals surface area contributed by atoms with E-state index in [1.807, 2.05) is 6.07 Å². The van der Waals surface area contributed by atoms with E-state index in [0.29, 0.717) is 0 Å². The topological polar surface area (TPSA) is 56.7 Å². The molecular formula is C10H13N3O2.